The summed E-state index contributed by atoms with van der Waals surface area (Å²) in [5.41, 5.74) is 11.9. The Morgan fingerprint density at radius 3 is 2.09 bits per heavy atom. The van der Waals surface area contributed by atoms with Crippen molar-refractivity contribution in [3.05, 3.63) is 52.5 Å². The van der Waals surface area contributed by atoms with Crippen LogP contribution in [0, 0.1) is 0 Å². The number of rotatable bonds is 3. The molecule has 0 aliphatic heterocycles. The summed E-state index contributed by atoms with van der Waals surface area (Å²) in [6, 6.07) is 12.1. The van der Waals surface area contributed by atoms with E-state index < -0.39 is 0 Å². The van der Waals surface area contributed by atoms with Crippen LogP contribution in [0.25, 0.3) is 11.4 Å². The molecule has 23 heavy (non-hydrogen) atoms. The first-order valence-electron chi connectivity index (χ1n) is 6.51. The van der Waals surface area contributed by atoms with E-state index in [0.29, 0.717) is 27.4 Å². The van der Waals surface area contributed by atoms with Gasteiger partial charge in [0.1, 0.15) is 11.5 Å². The highest BCUT2D eigenvalue weighted by molar-refractivity contribution is 6.35. The molecule has 0 atom stereocenters. The van der Waals surface area contributed by atoms with E-state index in [1.54, 1.807) is 42.5 Å². The molecule has 0 radical (unpaired) electrons. The number of hydrogen-bond donors (Lipinski definition) is 2. The van der Waals surface area contributed by atoms with Crippen LogP contribution in [0.4, 0.5) is 11.9 Å². The molecule has 0 fully saturated rings. The van der Waals surface area contributed by atoms with Crippen LogP contribution in [0.1, 0.15) is 0 Å². The summed E-state index contributed by atoms with van der Waals surface area (Å²) in [5.74, 6) is 1.65. The number of nitrogen functional groups attached to an aromatic ring is 2. The van der Waals surface area contributed by atoms with Gasteiger partial charge in [-0.1, -0.05) is 23.2 Å². The lowest BCUT2D eigenvalue weighted by Crippen LogP contribution is -2.04. The van der Waals surface area contributed by atoms with Gasteiger partial charge in [0.2, 0.25) is 11.9 Å². The van der Waals surface area contributed by atoms with Gasteiger partial charge in [0.05, 0.1) is 5.02 Å². The molecular formula is C15H11Cl2N5O. The molecule has 6 nitrogen and oxygen atoms in total. The summed E-state index contributed by atoms with van der Waals surface area (Å²) in [6.07, 6.45) is 0. The summed E-state index contributed by atoms with van der Waals surface area (Å²) < 4.78 is 5.71. The van der Waals surface area contributed by atoms with Crippen molar-refractivity contribution in [3.8, 4) is 22.9 Å². The van der Waals surface area contributed by atoms with Gasteiger partial charge >= 0.3 is 0 Å². The maximum Gasteiger partial charge on any atom is 0.225 e. The molecule has 2 aromatic carbocycles. The number of anilines is 2. The number of hydrogen-bond acceptors (Lipinski definition) is 6. The van der Waals surface area contributed by atoms with E-state index in [4.69, 9.17) is 39.4 Å². The van der Waals surface area contributed by atoms with Crippen LogP contribution in [0.5, 0.6) is 11.5 Å². The topological polar surface area (TPSA) is 99.9 Å². The van der Waals surface area contributed by atoms with Crippen molar-refractivity contribution in [3.63, 3.8) is 0 Å². The molecule has 4 N–H and O–H groups in total. The molecular weight excluding hydrogens is 337 g/mol. The summed E-state index contributed by atoms with van der Waals surface area (Å²) in [4.78, 5) is 11.8. The molecule has 3 rings (SSSR count). The summed E-state index contributed by atoms with van der Waals surface area (Å²) in [5, 5.41) is 0.974. The highest BCUT2D eigenvalue weighted by Gasteiger charge is 2.07. The van der Waals surface area contributed by atoms with Crippen LogP contribution in [0.2, 0.25) is 10.0 Å². The molecule has 1 heterocycles. The monoisotopic (exact) mass is 347 g/mol. The van der Waals surface area contributed by atoms with Crippen LogP contribution in [0.3, 0.4) is 0 Å². The smallest absolute Gasteiger partial charge is 0.225 e. The predicted octanol–water partition coefficient (Wildman–Crippen LogP) is 3.80. The van der Waals surface area contributed by atoms with Gasteiger partial charge in [-0.2, -0.15) is 15.0 Å². The minimum atomic E-state index is 0.0702. The Morgan fingerprint density at radius 1 is 0.826 bits per heavy atom. The Hall–Kier alpha value is -2.57. The zero-order valence-corrected chi connectivity index (χ0v) is 13.2. The van der Waals surface area contributed by atoms with E-state index in [-0.39, 0.29) is 11.9 Å². The molecule has 0 unspecified atom stereocenters. The fraction of sp³-hybridized carbons (Fsp3) is 0. The third kappa shape index (κ3) is 3.61. The molecule has 0 bridgehead atoms. The lowest BCUT2D eigenvalue weighted by Gasteiger charge is -2.08. The fourth-order valence-corrected chi connectivity index (χ4v) is 2.34. The molecule has 116 valence electrons. The van der Waals surface area contributed by atoms with Crippen molar-refractivity contribution in [2.75, 3.05) is 11.5 Å². The third-order valence-corrected chi connectivity index (χ3v) is 3.43. The van der Waals surface area contributed by atoms with Gasteiger partial charge in [-0.05, 0) is 42.5 Å². The summed E-state index contributed by atoms with van der Waals surface area (Å²) in [7, 11) is 0. The average Bonchev–Trinajstić information content (AvgIpc) is 2.50. The minimum absolute atomic E-state index is 0.0702. The minimum Gasteiger partial charge on any atom is -0.456 e. The Labute approximate surface area is 142 Å². The molecule has 0 saturated heterocycles. The van der Waals surface area contributed by atoms with Crippen molar-refractivity contribution in [2.45, 2.75) is 0 Å². The molecule has 1 aromatic heterocycles. The van der Waals surface area contributed by atoms with Crippen molar-refractivity contribution < 1.29 is 4.74 Å². The maximum absolute atomic E-state index is 6.08. The molecule has 0 aliphatic rings. The Balaban J connectivity index is 1.84. The second kappa shape index (κ2) is 6.28. The number of benzene rings is 2. The van der Waals surface area contributed by atoms with Crippen LogP contribution in [-0.2, 0) is 0 Å². The van der Waals surface area contributed by atoms with Crippen molar-refractivity contribution >= 4 is 35.1 Å². The van der Waals surface area contributed by atoms with Crippen LogP contribution < -0.4 is 16.2 Å². The van der Waals surface area contributed by atoms with E-state index >= 15 is 0 Å². The first-order valence-corrected chi connectivity index (χ1v) is 7.27. The first kappa shape index (κ1) is 15.3. The normalized spacial score (nSPS) is 10.5. The van der Waals surface area contributed by atoms with E-state index in [1.165, 1.54) is 0 Å². The molecule has 0 saturated carbocycles. The van der Waals surface area contributed by atoms with E-state index in [9.17, 15) is 0 Å². The van der Waals surface area contributed by atoms with Crippen molar-refractivity contribution in [1.29, 1.82) is 0 Å². The zero-order valence-electron chi connectivity index (χ0n) is 11.7. The van der Waals surface area contributed by atoms with E-state index in [1.807, 2.05) is 0 Å². The van der Waals surface area contributed by atoms with Crippen molar-refractivity contribution in [1.82, 2.24) is 15.0 Å². The summed E-state index contributed by atoms with van der Waals surface area (Å²) in [6.45, 7) is 0. The van der Waals surface area contributed by atoms with E-state index in [0.717, 1.165) is 5.56 Å². The van der Waals surface area contributed by atoms with E-state index in [2.05, 4.69) is 15.0 Å². The molecule has 3 aromatic rings. The lowest BCUT2D eigenvalue weighted by atomic mass is 10.2. The van der Waals surface area contributed by atoms with Gasteiger partial charge in [0.25, 0.3) is 0 Å². The standard InChI is InChI=1S/C15H11Cl2N5O/c16-9-3-6-12(11(17)7-9)23-10-4-1-8(2-5-10)13-20-14(18)22-15(19)21-13/h1-7H,(H4,18,19,20,21,22). The summed E-state index contributed by atoms with van der Waals surface area (Å²) >= 11 is 11.9. The number of halogens is 2. The molecule has 0 spiro atoms. The van der Waals surface area contributed by atoms with Gasteiger partial charge in [-0.3, -0.25) is 0 Å². The third-order valence-electron chi connectivity index (χ3n) is 2.90. The second-order valence-electron chi connectivity index (χ2n) is 4.58. The van der Waals surface area contributed by atoms with Gasteiger partial charge in [0, 0.05) is 10.6 Å². The van der Waals surface area contributed by atoms with Crippen LogP contribution >= 0.6 is 23.2 Å². The molecule has 0 aliphatic carbocycles. The Bertz CT molecular complexity index is 835. The second-order valence-corrected chi connectivity index (χ2v) is 5.42. The largest absolute Gasteiger partial charge is 0.456 e. The zero-order chi connectivity index (χ0) is 16.4. The SMILES string of the molecule is Nc1nc(N)nc(-c2ccc(Oc3ccc(Cl)cc3Cl)cc2)n1. The van der Waals surface area contributed by atoms with Gasteiger partial charge in [-0.25, -0.2) is 0 Å². The highest BCUT2D eigenvalue weighted by atomic mass is 35.5. The first-order chi connectivity index (χ1) is 11.0. The van der Waals surface area contributed by atoms with Gasteiger partial charge in [-0.15, -0.1) is 0 Å². The quantitative estimate of drug-likeness (QED) is 0.747. The van der Waals surface area contributed by atoms with Crippen molar-refractivity contribution in [2.24, 2.45) is 0 Å². The predicted molar refractivity (Wildman–Crippen MR) is 90.6 cm³/mol. The molecule has 8 heteroatoms. The maximum atomic E-state index is 6.08. The van der Waals surface area contributed by atoms with Crippen LogP contribution in [-0.4, -0.2) is 15.0 Å². The fourth-order valence-electron chi connectivity index (χ4n) is 1.90. The van der Waals surface area contributed by atoms with Gasteiger partial charge < -0.3 is 16.2 Å². The number of aromatic nitrogens is 3. The average molecular weight is 348 g/mol. The Kier molecular flexibility index (Phi) is 4.18. The number of nitrogens with zero attached hydrogens (tertiary/aromatic N) is 3. The van der Waals surface area contributed by atoms with Crippen LogP contribution in [0.15, 0.2) is 42.5 Å². The molecule has 0 amide bonds. The number of ether oxygens (including phenoxy) is 1. The highest BCUT2D eigenvalue weighted by Crippen LogP contribution is 2.32. The van der Waals surface area contributed by atoms with Gasteiger partial charge in [0.15, 0.2) is 5.82 Å². The number of nitrogens with two attached hydrogens (primary N) is 2. The Morgan fingerprint density at radius 2 is 1.48 bits per heavy atom. The lowest BCUT2D eigenvalue weighted by molar-refractivity contribution is 0.483.